The van der Waals surface area contributed by atoms with Gasteiger partial charge in [0.15, 0.2) is 0 Å². The van der Waals surface area contributed by atoms with Gasteiger partial charge < -0.3 is 14.9 Å². The number of benzene rings is 2. The van der Waals surface area contributed by atoms with Crippen molar-refractivity contribution >= 4 is 16.7 Å². The van der Waals surface area contributed by atoms with Crippen LogP contribution < -0.4 is 5.73 Å². The lowest BCUT2D eigenvalue weighted by Gasteiger charge is -2.07. The van der Waals surface area contributed by atoms with E-state index in [4.69, 9.17) is 14.9 Å². The number of fused-ring (bicyclic) bond motifs is 1. The second-order valence-corrected chi connectivity index (χ2v) is 5.25. The fourth-order valence-electron chi connectivity index (χ4n) is 2.45. The van der Waals surface area contributed by atoms with Crippen molar-refractivity contribution in [1.82, 2.24) is 0 Å². The monoisotopic (exact) mass is 307 g/mol. The Morgan fingerprint density at radius 1 is 1.04 bits per heavy atom. The van der Waals surface area contributed by atoms with Crippen LogP contribution in [-0.2, 0) is 22.4 Å². The minimum absolute atomic E-state index is 0.0883. The van der Waals surface area contributed by atoms with Crippen molar-refractivity contribution in [3.8, 4) is 0 Å². The van der Waals surface area contributed by atoms with Gasteiger partial charge in [-0.3, -0.25) is 4.79 Å². The molecule has 0 amide bonds. The highest BCUT2D eigenvalue weighted by atomic mass is 16.5. The molecule has 23 heavy (non-hydrogen) atoms. The third-order valence-corrected chi connectivity index (χ3v) is 3.51. The van der Waals surface area contributed by atoms with E-state index >= 15 is 0 Å². The zero-order valence-electron chi connectivity index (χ0n) is 12.6. The molecular weight excluding hydrogens is 290 g/mol. The highest BCUT2D eigenvalue weighted by Crippen LogP contribution is 2.20. The molecule has 0 aliphatic heterocycles. The molecule has 1 heterocycles. The number of esters is 1. The summed E-state index contributed by atoms with van der Waals surface area (Å²) in [6.45, 7) is 0. The van der Waals surface area contributed by atoms with E-state index in [-0.39, 0.29) is 6.42 Å². The molecule has 2 N–H and O–H groups in total. The van der Waals surface area contributed by atoms with Crippen LogP contribution in [0.5, 0.6) is 0 Å². The van der Waals surface area contributed by atoms with Gasteiger partial charge in [-0.25, -0.2) is 0 Å². The summed E-state index contributed by atoms with van der Waals surface area (Å²) in [4.78, 5) is 11.7. The van der Waals surface area contributed by atoms with Gasteiger partial charge in [0.2, 0.25) is 0 Å². The molecule has 4 nitrogen and oxygen atoms in total. The molecule has 1 aromatic heterocycles. The van der Waals surface area contributed by atoms with Gasteiger partial charge in [-0.1, -0.05) is 42.5 Å². The topological polar surface area (TPSA) is 65.5 Å². The third kappa shape index (κ3) is 3.80. The maximum atomic E-state index is 11.7. The first-order valence-corrected chi connectivity index (χ1v) is 7.35. The number of hydrogen-bond donors (Lipinski definition) is 1. The maximum Gasteiger partial charge on any atom is 0.318 e. The van der Waals surface area contributed by atoms with E-state index in [1.165, 1.54) is 12.5 Å². The zero-order chi connectivity index (χ0) is 16.1. The summed E-state index contributed by atoms with van der Waals surface area (Å²) in [5, 5.41) is 2.31. The Labute approximate surface area is 134 Å². The molecule has 0 unspecified atom stereocenters. The number of furan rings is 1. The first-order chi connectivity index (χ1) is 11.2. The Kier molecular flexibility index (Phi) is 4.43. The van der Waals surface area contributed by atoms with Gasteiger partial charge >= 0.3 is 5.97 Å². The average molecular weight is 307 g/mol. The van der Waals surface area contributed by atoms with E-state index in [0.717, 1.165) is 16.3 Å². The van der Waals surface area contributed by atoms with Crippen molar-refractivity contribution in [3.05, 3.63) is 84.1 Å². The van der Waals surface area contributed by atoms with Gasteiger partial charge in [0.05, 0.1) is 6.26 Å². The van der Waals surface area contributed by atoms with Crippen molar-refractivity contribution < 1.29 is 13.9 Å². The summed E-state index contributed by atoms with van der Waals surface area (Å²) >= 11 is 0. The molecule has 0 radical (unpaired) electrons. The molecule has 116 valence electrons. The number of ether oxygens (including phenoxy) is 1. The van der Waals surface area contributed by atoms with Gasteiger partial charge in [0, 0.05) is 12.1 Å². The van der Waals surface area contributed by atoms with E-state index < -0.39 is 5.97 Å². The van der Waals surface area contributed by atoms with E-state index in [9.17, 15) is 4.79 Å². The van der Waals surface area contributed by atoms with Crippen LogP contribution in [0.15, 0.2) is 77.2 Å². The average Bonchev–Trinajstić information content (AvgIpc) is 3.06. The van der Waals surface area contributed by atoms with Gasteiger partial charge in [-0.05, 0) is 28.5 Å². The van der Waals surface area contributed by atoms with Crippen LogP contribution >= 0.6 is 0 Å². The first-order valence-electron chi connectivity index (χ1n) is 7.35. The molecule has 2 aromatic carbocycles. The second kappa shape index (κ2) is 6.83. The van der Waals surface area contributed by atoms with Crippen LogP contribution in [0, 0.1) is 0 Å². The Morgan fingerprint density at radius 3 is 2.70 bits per heavy atom. The van der Waals surface area contributed by atoms with Crippen molar-refractivity contribution in [2.45, 2.75) is 12.8 Å². The van der Waals surface area contributed by atoms with Gasteiger partial charge in [-0.2, -0.15) is 0 Å². The molecule has 0 atom stereocenters. The second-order valence-electron chi connectivity index (χ2n) is 5.25. The van der Waals surface area contributed by atoms with Crippen LogP contribution in [0.25, 0.3) is 10.8 Å². The molecule has 4 heteroatoms. The minimum Gasteiger partial charge on any atom is -0.469 e. The lowest BCUT2D eigenvalue weighted by Crippen LogP contribution is -2.08. The fraction of sp³-hybridized carbons (Fsp3) is 0.105. The van der Waals surface area contributed by atoms with Crippen LogP contribution in [0.3, 0.4) is 0 Å². The lowest BCUT2D eigenvalue weighted by atomic mass is 10.0. The van der Waals surface area contributed by atoms with Crippen molar-refractivity contribution in [1.29, 1.82) is 0 Å². The lowest BCUT2D eigenvalue weighted by molar-refractivity contribution is -0.137. The van der Waals surface area contributed by atoms with Crippen LogP contribution in [0.4, 0.5) is 0 Å². The van der Waals surface area contributed by atoms with Crippen molar-refractivity contribution in [3.63, 3.8) is 0 Å². The van der Waals surface area contributed by atoms with Gasteiger partial charge in [-0.15, -0.1) is 0 Å². The normalized spacial score (nSPS) is 11.6. The molecular formula is C19H17NO3. The third-order valence-electron chi connectivity index (χ3n) is 3.51. The number of carbonyl (C=O) groups excluding carboxylic acids is 1. The van der Waals surface area contributed by atoms with E-state index in [1.807, 2.05) is 24.3 Å². The zero-order valence-corrected chi connectivity index (χ0v) is 12.6. The van der Waals surface area contributed by atoms with Crippen LogP contribution in [-0.4, -0.2) is 5.97 Å². The molecule has 0 aliphatic carbocycles. The molecule has 3 aromatic rings. The van der Waals surface area contributed by atoms with E-state index in [0.29, 0.717) is 17.9 Å². The van der Waals surface area contributed by atoms with E-state index in [2.05, 4.69) is 18.2 Å². The predicted octanol–water partition coefficient (Wildman–Crippen LogP) is 3.56. The Hall–Kier alpha value is -3.01. The molecule has 0 bridgehead atoms. The number of nitrogens with two attached hydrogens (primary N) is 1. The Bertz CT molecular complexity index is 829. The molecule has 3 rings (SSSR count). The molecule has 0 fully saturated rings. The summed E-state index contributed by atoms with van der Waals surface area (Å²) in [6, 6.07) is 17.6. The highest BCUT2D eigenvalue weighted by Gasteiger charge is 2.07. The van der Waals surface area contributed by atoms with Gasteiger partial charge in [0.1, 0.15) is 18.4 Å². The van der Waals surface area contributed by atoms with Gasteiger partial charge in [0.25, 0.3) is 0 Å². The number of rotatable bonds is 5. The SMILES string of the molecule is N/C(=C\OC(=O)Cc1ccco1)Cc1cccc2ccccc12. The van der Waals surface area contributed by atoms with Crippen molar-refractivity contribution in [2.75, 3.05) is 0 Å². The quantitative estimate of drug-likeness (QED) is 0.578. The minimum atomic E-state index is -0.402. The number of carbonyl (C=O) groups is 1. The standard InChI is InChI=1S/C19H17NO3/c20-16(13-23-19(21)12-17-8-4-10-22-17)11-15-7-3-6-14-5-1-2-9-18(14)15/h1-10,13H,11-12,20H2/b16-13-. The molecule has 0 aliphatic rings. The summed E-state index contributed by atoms with van der Waals surface area (Å²) in [6.07, 6.45) is 3.45. The fourth-order valence-corrected chi connectivity index (χ4v) is 2.45. The van der Waals surface area contributed by atoms with E-state index in [1.54, 1.807) is 12.1 Å². The smallest absolute Gasteiger partial charge is 0.318 e. The number of allylic oxidation sites excluding steroid dienone is 1. The maximum absolute atomic E-state index is 11.7. The summed E-state index contributed by atoms with van der Waals surface area (Å²) in [5.41, 5.74) is 7.57. The van der Waals surface area contributed by atoms with Crippen molar-refractivity contribution in [2.24, 2.45) is 5.73 Å². The molecule has 0 spiro atoms. The summed E-state index contributed by atoms with van der Waals surface area (Å²) in [5.74, 6) is 0.164. The molecule has 0 saturated carbocycles. The number of hydrogen-bond acceptors (Lipinski definition) is 4. The molecule has 0 saturated heterocycles. The predicted molar refractivity (Wildman–Crippen MR) is 88.4 cm³/mol. The summed E-state index contributed by atoms with van der Waals surface area (Å²) < 4.78 is 10.2. The largest absolute Gasteiger partial charge is 0.469 e. The van der Waals surface area contributed by atoms with Crippen LogP contribution in [0.2, 0.25) is 0 Å². The Morgan fingerprint density at radius 2 is 1.87 bits per heavy atom. The summed E-state index contributed by atoms with van der Waals surface area (Å²) in [7, 11) is 0. The van der Waals surface area contributed by atoms with Crippen LogP contribution in [0.1, 0.15) is 11.3 Å². The highest BCUT2D eigenvalue weighted by molar-refractivity contribution is 5.85. The first kappa shape index (κ1) is 14.9. The Balaban J connectivity index is 1.66.